The number of hydrogen-bond acceptors (Lipinski definition) is 10. The molecule has 236 valence electrons. The summed E-state index contributed by atoms with van der Waals surface area (Å²) >= 11 is 0. The van der Waals surface area contributed by atoms with E-state index in [-0.39, 0.29) is 29.6 Å². The Morgan fingerprint density at radius 3 is 2.45 bits per heavy atom. The molecular formula is C32H39N3O8S. The first-order chi connectivity index (χ1) is 21.3. The number of sulfone groups is 1. The number of benzene rings is 3. The molecule has 3 aromatic carbocycles. The van der Waals surface area contributed by atoms with Crippen LogP contribution in [0.15, 0.2) is 88.8 Å². The maximum absolute atomic E-state index is 14.1. The van der Waals surface area contributed by atoms with Crippen molar-refractivity contribution >= 4 is 21.6 Å². The Morgan fingerprint density at radius 1 is 0.977 bits per heavy atom. The molecule has 0 saturated heterocycles. The lowest BCUT2D eigenvalue weighted by molar-refractivity contribution is -0.130. The first-order valence-corrected chi connectivity index (χ1v) is 16.0. The highest BCUT2D eigenvalue weighted by molar-refractivity contribution is 7.91. The normalized spacial score (nSPS) is 17.9. The van der Waals surface area contributed by atoms with Gasteiger partial charge in [-0.1, -0.05) is 30.3 Å². The maximum atomic E-state index is 14.1. The van der Waals surface area contributed by atoms with Crippen molar-refractivity contribution in [1.29, 1.82) is 0 Å². The number of hydrogen-bond donors (Lipinski definition) is 3. The average Bonchev–Trinajstić information content (AvgIpc) is 3.45. The number of nitrogens with zero attached hydrogens (tertiary/aromatic N) is 1. The second-order valence-corrected chi connectivity index (χ2v) is 12.3. The molecule has 0 radical (unpaired) electrons. The largest absolute Gasteiger partial charge is 0.497 e. The zero-order valence-electron chi connectivity index (χ0n) is 24.9. The zero-order chi connectivity index (χ0) is 31.4. The third kappa shape index (κ3) is 8.14. The Hall–Kier alpha value is -3.97. The Balaban J connectivity index is 1.74. The van der Waals surface area contributed by atoms with Gasteiger partial charge in [-0.2, -0.15) is 0 Å². The van der Waals surface area contributed by atoms with Gasteiger partial charge in [0.2, 0.25) is 5.90 Å². The molecule has 0 saturated carbocycles. The lowest BCUT2D eigenvalue weighted by Crippen LogP contribution is -2.53. The first-order valence-electron chi connectivity index (χ1n) is 14.4. The summed E-state index contributed by atoms with van der Waals surface area (Å²) in [5.41, 5.74) is 5.18. The minimum atomic E-state index is -3.77. The van der Waals surface area contributed by atoms with E-state index >= 15 is 0 Å². The number of carbonyl (C=O) groups is 1. The number of methoxy groups -OCH3 is 2. The molecule has 2 atom stereocenters. The van der Waals surface area contributed by atoms with Gasteiger partial charge in [0, 0.05) is 45.3 Å². The number of nitrogens with one attached hydrogen (secondary N) is 2. The van der Waals surface area contributed by atoms with Crippen molar-refractivity contribution in [3.8, 4) is 11.5 Å². The van der Waals surface area contributed by atoms with Gasteiger partial charge in [0.05, 0.1) is 24.4 Å². The summed E-state index contributed by atoms with van der Waals surface area (Å²) in [6.45, 7) is 1.32. The van der Waals surface area contributed by atoms with Crippen LogP contribution in [0.2, 0.25) is 0 Å². The maximum Gasteiger partial charge on any atom is 0.266 e. The van der Waals surface area contributed by atoms with Crippen LogP contribution in [0.3, 0.4) is 0 Å². The molecule has 4 rings (SSSR count). The van der Waals surface area contributed by atoms with Crippen LogP contribution in [0.4, 0.5) is 0 Å². The molecule has 0 unspecified atom stereocenters. The number of carbonyl (C=O) groups excluding carboxylic acids is 1. The quantitative estimate of drug-likeness (QED) is 0.152. The van der Waals surface area contributed by atoms with Crippen LogP contribution in [0, 0.1) is 0 Å². The van der Waals surface area contributed by atoms with Gasteiger partial charge in [0.1, 0.15) is 11.5 Å². The highest BCUT2D eigenvalue weighted by atomic mass is 32.2. The van der Waals surface area contributed by atoms with E-state index in [1.165, 1.54) is 19.2 Å². The first kappa shape index (κ1) is 32.9. The molecule has 1 aliphatic heterocycles. The number of amides is 1. The van der Waals surface area contributed by atoms with Crippen LogP contribution >= 0.6 is 0 Å². The molecule has 1 heterocycles. The van der Waals surface area contributed by atoms with Gasteiger partial charge in [-0.25, -0.2) is 18.8 Å². The predicted octanol–water partition coefficient (Wildman–Crippen LogP) is 3.23. The van der Waals surface area contributed by atoms with Crippen molar-refractivity contribution in [3.63, 3.8) is 0 Å². The number of aliphatic hydroxyl groups excluding tert-OH is 1. The molecule has 11 nitrogen and oxygen atoms in total. The van der Waals surface area contributed by atoms with E-state index < -0.39 is 27.4 Å². The number of aliphatic imine (C=N–C) groups is 1. The van der Waals surface area contributed by atoms with Crippen molar-refractivity contribution in [2.75, 3.05) is 46.3 Å². The fraction of sp³-hybridized carbons (Fsp3) is 0.375. The van der Waals surface area contributed by atoms with Crippen LogP contribution in [0.1, 0.15) is 36.5 Å². The monoisotopic (exact) mass is 625 g/mol. The van der Waals surface area contributed by atoms with E-state index in [0.29, 0.717) is 55.2 Å². The summed E-state index contributed by atoms with van der Waals surface area (Å²) < 4.78 is 49.5. The SMILES string of the molecule is COCCCNNC(=O)[C@@]1(CCS(=O)(=O)c2ccccc2)N=C(c2ccc(OCCCO)cc2)O[C@H]1c1cccc(OC)c1. The molecule has 1 aliphatic rings. The molecule has 0 spiro atoms. The fourth-order valence-corrected chi connectivity index (χ4v) is 6.15. The summed E-state index contributed by atoms with van der Waals surface area (Å²) in [7, 11) is -0.635. The van der Waals surface area contributed by atoms with Gasteiger partial charge in [0.25, 0.3) is 5.91 Å². The van der Waals surface area contributed by atoms with Gasteiger partial charge in [-0.15, -0.1) is 0 Å². The number of aliphatic hydroxyl groups is 1. The molecule has 3 N–H and O–H groups in total. The molecular weight excluding hydrogens is 586 g/mol. The van der Waals surface area contributed by atoms with E-state index in [2.05, 4.69) is 10.9 Å². The minimum absolute atomic E-state index is 0.0275. The van der Waals surface area contributed by atoms with Crippen molar-refractivity contribution < 1.29 is 37.3 Å². The Kier molecular flexibility index (Phi) is 11.7. The van der Waals surface area contributed by atoms with E-state index in [0.717, 1.165) is 0 Å². The van der Waals surface area contributed by atoms with E-state index in [1.54, 1.807) is 73.8 Å². The Bertz CT molecular complexity index is 1500. The molecule has 12 heteroatoms. The predicted molar refractivity (Wildman–Crippen MR) is 165 cm³/mol. The van der Waals surface area contributed by atoms with Crippen LogP contribution in [-0.2, 0) is 24.1 Å². The molecule has 1 amide bonds. The smallest absolute Gasteiger partial charge is 0.266 e. The zero-order valence-corrected chi connectivity index (χ0v) is 25.7. The Morgan fingerprint density at radius 2 is 1.75 bits per heavy atom. The van der Waals surface area contributed by atoms with Gasteiger partial charge in [0.15, 0.2) is 21.5 Å². The van der Waals surface area contributed by atoms with Crippen molar-refractivity contribution in [1.82, 2.24) is 10.9 Å². The highest BCUT2D eigenvalue weighted by Crippen LogP contribution is 2.43. The van der Waals surface area contributed by atoms with Crippen molar-refractivity contribution in [2.24, 2.45) is 4.99 Å². The topological polar surface area (TPSA) is 145 Å². The van der Waals surface area contributed by atoms with Gasteiger partial charge < -0.3 is 24.1 Å². The lowest BCUT2D eigenvalue weighted by Gasteiger charge is -2.30. The van der Waals surface area contributed by atoms with Crippen LogP contribution in [0.5, 0.6) is 11.5 Å². The molecule has 0 aliphatic carbocycles. The highest BCUT2D eigenvalue weighted by Gasteiger charge is 2.53. The lowest BCUT2D eigenvalue weighted by atomic mass is 9.85. The minimum Gasteiger partial charge on any atom is -0.497 e. The second kappa shape index (κ2) is 15.7. The Labute approximate surface area is 258 Å². The van der Waals surface area contributed by atoms with Crippen molar-refractivity contribution in [3.05, 3.63) is 90.0 Å². The van der Waals surface area contributed by atoms with Gasteiger partial charge in [-0.3, -0.25) is 10.2 Å². The van der Waals surface area contributed by atoms with Crippen LogP contribution in [-0.4, -0.2) is 77.2 Å². The summed E-state index contributed by atoms with van der Waals surface area (Å²) in [6, 6.07) is 22.2. The number of rotatable bonds is 17. The molecule has 3 aromatic rings. The number of ether oxygens (including phenoxy) is 4. The molecule has 0 aromatic heterocycles. The summed E-state index contributed by atoms with van der Waals surface area (Å²) in [6.07, 6.45) is 0.00934. The fourth-order valence-electron chi connectivity index (χ4n) is 4.77. The molecule has 44 heavy (non-hydrogen) atoms. The van der Waals surface area contributed by atoms with E-state index in [4.69, 9.17) is 29.0 Å². The number of hydrazine groups is 1. The summed E-state index contributed by atoms with van der Waals surface area (Å²) in [5.74, 6) is 0.444. The van der Waals surface area contributed by atoms with E-state index in [1.807, 2.05) is 0 Å². The van der Waals surface area contributed by atoms with Gasteiger partial charge in [-0.05, 0) is 60.5 Å². The average molecular weight is 626 g/mol. The second-order valence-electron chi connectivity index (χ2n) is 10.2. The van der Waals surface area contributed by atoms with Crippen LogP contribution < -0.4 is 20.3 Å². The third-order valence-electron chi connectivity index (χ3n) is 7.13. The molecule has 0 fully saturated rings. The third-order valence-corrected chi connectivity index (χ3v) is 8.86. The summed E-state index contributed by atoms with van der Waals surface area (Å²) in [5, 5.41) is 9.03. The van der Waals surface area contributed by atoms with Gasteiger partial charge >= 0.3 is 0 Å². The van der Waals surface area contributed by atoms with E-state index in [9.17, 15) is 13.2 Å². The van der Waals surface area contributed by atoms with Crippen molar-refractivity contribution in [2.45, 2.75) is 35.8 Å². The van der Waals surface area contributed by atoms with Crippen LogP contribution in [0.25, 0.3) is 0 Å². The standard InChI is InChI=1S/C32H39N3O8S/c1-40-20-7-18-33-35-31(37)32(17-22-44(38,39)28-11-4-3-5-12-28)29(25-9-6-10-27(23-25)41-2)43-30(34-32)24-13-15-26(16-14-24)42-21-8-19-36/h3-6,9-16,23,29,33,36H,7-8,17-22H2,1-2H3,(H,35,37)/t29-,32-/m0/s1. The summed E-state index contributed by atoms with van der Waals surface area (Å²) in [4.78, 5) is 19.1. The molecule has 0 bridgehead atoms.